The molecular formula is C18H21NO2. The summed E-state index contributed by atoms with van der Waals surface area (Å²) in [6.45, 7) is 1.87. The Morgan fingerprint density at radius 1 is 1.14 bits per heavy atom. The quantitative estimate of drug-likeness (QED) is 0.883. The van der Waals surface area contributed by atoms with E-state index < -0.39 is 0 Å². The van der Waals surface area contributed by atoms with Crippen LogP contribution in [-0.2, 0) is 11.2 Å². The zero-order valence-corrected chi connectivity index (χ0v) is 12.5. The molecule has 3 nitrogen and oxygen atoms in total. The fourth-order valence-corrected chi connectivity index (χ4v) is 2.19. The molecular weight excluding hydrogens is 262 g/mol. The van der Waals surface area contributed by atoms with Crippen LogP contribution < -0.4 is 10.5 Å². The van der Waals surface area contributed by atoms with Crippen molar-refractivity contribution in [1.82, 2.24) is 0 Å². The standard InChI is InChI=1S/C18H21NO2/c1-13(18(19)20)6-7-14-8-10-15(11-9-14)16-4-3-5-17(12-16)21-2/h3-5,8-13H,6-7H2,1-2H3,(H2,19,20)/t13-/m1/s1. The first-order valence-electron chi connectivity index (χ1n) is 7.13. The van der Waals surface area contributed by atoms with E-state index in [1.807, 2.05) is 25.1 Å². The fraction of sp³-hybridized carbons (Fsp3) is 0.278. The normalized spacial score (nSPS) is 11.9. The molecule has 0 saturated heterocycles. The van der Waals surface area contributed by atoms with Gasteiger partial charge in [-0.25, -0.2) is 0 Å². The van der Waals surface area contributed by atoms with E-state index in [4.69, 9.17) is 10.5 Å². The number of nitrogens with two attached hydrogens (primary N) is 1. The molecule has 2 aromatic rings. The van der Waals surface area contributed by atoms with Gasteiger partial charge in [0.25, 0.3) is 0 Å². The molecule has 0 bridgehead atoms. The Morgan fingerprint density at radius 3 is 2.48 bits per heavy atom. The van der Waals surface area contributed by atoms with Gasteiger partial charge in [-0.1, -0.05) is 43.3 Å². The summed E-state index contributed by atoms with van der Waals surface area (Å²) in [5.41, 5.74) is 8.78. The second kappa shape index (κ2) is 6.93. The van der Waals surface area contributed by atoms with Crippen LogP contribution in [-0.4, -0.2) is 13.0 Å². The lowest BCUT2D eigenvalue weighted by Gasteiger charge is -2.08. The number of carbonyl (C=O) groups is 1. The third-order valence-electron chi connectivity index (χ3n) is 3.71. The molecule has 0 saturated carbocycles. The van der Waals surface area contributed by atoms with Crippen molar-refractivity contribution >= 4 is 5.91 Å². The van der Waals surface area contributed by atoms with Crippen LogP contribution >= 0.6 is 0 Å². The maximum Gasteiger partial charge on any atom is 0.220 e. The monoisotopic (exact) mass is 283 g/mol. The molecule has 1 amide bonds. The highest BCUT2D eigenvalue weighted by molar-refractivity contribution is 5.76. The van der Waals surface area contributed by atoms with Gasteiger partial charge in [0.05, 0.1) is 7.11 Å². The van der Waals surface area contributed by atoms with E-state index in [1.165, 1.54) is 5.56 Å². The van der Waals surface area contributed by atoms with Crippen molar-refractivity contribution in [1.29, 1.82) is 0 Å². The van der Waals surface area contributed by atoms with E-state index in [0.717, 1.165) is 29.7 Å². The summed E-state index contributed by atoms with van der Waals surface area (Å²) in [4.78, 5) is 11.0. The highest BCUT2D eigenvalue weighted by Crippen LogP contribution is 2.24. The number of ether oxygens (including phenoxy) is 1. The van der Waals surface area contributed by atoms with Crippen molar-refractivity contribution < 1.29 is 9.53 Å². The summed E-state index contributed by atoms with van der Waals surface area (Å²) in [5, 5.41) is 0. The zero-order chi connectivity index (χ0) is 15.2. The van der Waals surface area contributed by atoms with Gasteiger partial charge in [-0.15, -0.1) is 0 Å². The van der Waals surface area contributed by atoms with Crippen molar-refractivity contribution in [3.8, 4) is 16.9 Å². The minimum Gasteiger partial charge on any atom is -0.497 e. The van der Waals surface area contributed by atoms with Crippen LogP contribution in [0.4, 0.5) is 0 Å². The molecule has 0 aliphatic rings. The van der Waals surface area contributed by atoms with E-state index in [9.17, 15) is 4.79 Å². The highest BCUT2D eigenvalue weighted by atomic mass is 16.5. The van der Waals surface area contributed by atoms with Gasteiger partial charge in [0, 0.05) is 5.92 Å². The van der Waals surface area contributed by atoms with Gasteiger partial charge >= 0.3 is 0 Å². The fourth-order valence-electron chi connectivity index (χ4n) is 2.19. The number of hydrogen-bond acceptors (Lipinski definition) is 2. The average molecular weight is 283 g/mol. The van der Waals surface area contributed by atoms with Crippen molar-refractivity contribution in [3.05, 3.63) is 54.1 Å². The molecule has 0 fully saturated rings. The predicted octanol–water partition coefficient (Wildman–Crippen LogP) is 3.42. The minimum absolute atomic E-state index is 0.0805. The van der Waals surface area contributed by atoms with Gasteiger partial charge < -0.3 is 10.5 Å². The Kier molecular flexibility index (Phi) is 4.99. The molecule has 1 atom stereocenters. The first-order valence-corrected chi connectivity index (χ1v) is 7.13. The van der Waals surface area contributed by atoms with Crippen LogP contribution in [0, 0.1) is 5.92 Å². The smallest absolute Gasteiger partial charge is 0.220 e. The summed E-state index contributed by atoms with van der Waals surface area (Å²) in [6, 6.07) is 16.4. The molecule has 0 heterocycles. The second-order valence-corrected chi connectivity index (χ2v) is 5.27. The molecule has 0 radical (unpaired) electrons. The van der Waals surface area contributed by atoms with Gasteiger partial charge in [0.15, 0.2) is 0 Å². The molecule has 110 valence electrons. The number of aryl methyl sites for hydroxylation is 1. The lowest BCUT2D eigenvalue weighted by molar-refractivity contribution is -0.121. The van der Waals surface area contributed by atoms with E-state index in [0.29, 0.717) is 0 Å². The third-order valence-corrected chi connectivity index (χ3v) is 3.71. The largest absolute Gasteiger partial charge is 0.497 e. The SMILES string of the molecule is COc1cccc(-c2ccc(CC[C@@H](C)C(N)=O)cc2)c1. The lowest BCUT2D eigenvalue weighted by atomic mass is 9.98. The summed E-state index contributed by atoms with van der Waals surface area (Å²) in [7, 11) is 1.67. The van der Waals surface area contributed by atoms with Crippen LogP contribution in [0.2, 0.25) is 0 Å². The number of methoxy groups -OCH3 is 1. The molecule has 21 heavy (non-hydrogen) atoms. The number of primary amides is 1. The first-order chi connectivity index (χ1) is 10.1. The van der Waals surface area contributed by atoms with Crippen molar-refractivity contribution in [2.24, 2.45) is 11.7 Å². The van der Waals surface area contributed by atoms with Crippen molar-refractivity contribution in [3.63, 3.8) is 0 Å². The molecule has 0 aliphatic carbocycles. The Morgan fingerprint density at radius 2 is 1.86 bits per heavy atom. The number of benzene rings is 2. The molecule has 0 aliphatic heterocycles. The predicted molar refractivity (Wildman–Crippen MR) is 85.1 cm³/mol. The van der Waals surface area contributed by atoms with Crippen molar-refractivity contribution in [2.75, 3.05) is 7.11 Å². The minimum atomic E-state index is -0.233. The molecule has 3 heteroatoms. The summed E-state index contributed by atoms with van der Waals surface area (Å²) in [6.07, 6.45) is 1.65. The van der Waals surface area contributed by atoms with Crippen LogP contribution in [0.5, 0.6) is 5.75 Å². The van der Waals surface area contributed by atoms with Crippen LogP contribution in [0.15, 0.2) is 48.5 Å². The van der Waals surface area contributed by atoms with Crippen LogP contribution in [0.3, 0.4) is 0 Å². The van der Waals surface area contributed by atoms with Crippen molar-refractivity contribution in [2.45, 2.75) is 19.8 Å². The van der Waals surface area contributed by atoms with E-state index in [1.54, 1.807) is 7.11 Å². The Balaban J connectivity index is 2.06. The average Bonchev–Trinajstić information content (AvgIpc) is 2.53. The summed E-state index contributed by atoms with van der Waals surface area (Å²) >= 11 is 0. The summed E-state index contributed by atoms with van der Waals surface area (Å²) < 4.78 is 5.24. The van der Waals surface area contributed by atoms with Gasteiger partial charge in [0.1, 0.15) is 5.75 Å². The first kappa shape index (κ1) is 15.1. The molecule has 2 N–H and O–H groups in total. The van der Waals surface area contributed by atoms with E-state index in [2.05, 4.69) is 30.3 Å². The molecule has 0 spiro atoms. The van der Waals surface area contributed by atoms with Gasteiger partial charge in [-0.05, 0) is 41.7 Å². The number of carbonyl (C=O) groups excluding carboxylic acids is 1. The second-order valence-electron chi connectivity index (χ2n) is 5.27. The highest BCUT2D eigenvalue weighted by Gasteiger charge is 2.08. The Bertz CT molecular complexity index is 605. The molecule has 0 unspecified atom stereocenters. The van der Waals surface area contributed by atoms with Gasteiger partial charge in [0.2, 0.25) is 5.91 Å². The van der Waals surface area contributed by atoms with Crippen LogP contribution in [0.1, 0.15) is 18.9 Å². The Labute approximate surface area is 125 Å². The van der Waals surface area contributed by atoms with E-state index >= 15 is 0 Å². The number of rotatable bonds is 6. The molecule has 2 rings (SSSR count). The van der Waals surface area contributed by atoms with Crippen LogP contribution in [0.25, 0.3) is 11.1 Å². The maximum absolute atomic E-state index is 11.0. The zero-order valence-electron chi connectivity index (χ0n) is 12.5. The number of hydrogen-bond donors (Lipinski definition) is 1. The lowest BCUT2D eigenvalue weighted by Crippen LogP contribution is -2.20. The topological polar surface area (TPSA) is 52.3 Å². The van der Waals surface area contributed by atoms with Gasteiger partial charge in [-0.2, -0.15) is 0 Å². The molecule has 0 aromatic heterocycles. The summed E-state index contributed by atoms with van der Waals surface area (Å²) in [5.74, 6) is 0.540. The number of amides is 1. The Hall–Kier alpha value is -2.29. The molecule has 2 aromatic carbocycles. The van der Waals surface area contributed by atoms with Gasteiger partial charge in [-0.3, -0.25) is 4.79 Å². The van der Waals surface area contributed by atoms with E-state index in [-0.39, 0.29) is 11.8 Å². The maximum atomic E-state index is 11.0. The third kappa shape index (κ3) is 4.09.